The van der Waals surface area contributed by atoms with Crippen LogP contribution in [0.1, 0.15) is 36.4 Å². The Morgan fingerprint density at radius 2 is 2.40 bits per heavy atom. The van der Waals surface area contributed by atoms with Gasteiger partial charge in [-0.2, -0.15) is 0 Å². The molecule has 1 unspecified atom stereocenters. The third-order valence-corrected chi connectivity index (χ3v) is 3.43. The summed E-state index contributed by atoms with van der Waals surface area (Å²) >= 11 is 1.74. The highest BCUT2D eigenvalue weighted by Gasteiger charge is 2.11. The van der Waals surface area contributed by atoms with Crippen LogP contribution in [0.5, 0.6) is 0 Å². The molecule has 0 saturated carbocycles. The van der Waals surface area contributed by atoms with Crippen molar-refractivity contribution in [2.45, 2.75) is 32.1 Å². The van der Waals surface area contributed by atoms with Crippen LogP contribution in [0.25, 0.3) is 0 Å². The van der Waals surface area contributed by atoms with Crippen LogP contribution < -0.4 is 5.73 Å². The maximum absolute atomic E-state index is 5.69. The van der Waals surface area contributed by atoms with Crippen LogP contribution >= 0.6 is 11.3 Å². The highest BCUT2D eigenvalue weighted by Crippen LogP contribution is 2.21. The van der Waals surface area contributed by atoms with Crippen LogP contribution in [0.2, 0.25) is 0 Å². The molecule has 86 valence electrons. The van der Waals surface area contributed by atoms with Crippen molar-refractivity contribution in [2.75, 3.05) is 20.3 Å². The third-order valence-electron chi connectivity index (χ3n) is 2.50. The van der Waals surface area contributed by atoms with Crippen LogP contribution in [0.15, 0.2) is 5.38 Å². The molecule has 3 nitrogen and oxygen atoms in total. The Hall–Kier alpha value is -0.450. The van der Waals surface area contributed by atoms with Crippen molar-refractivity contribution in [3.63, 3.8) is 0 Å². The number of methoxy groups -OCH3 is 1. The van der Waals surface area contributed by atoms with E-state index in [9.17, 15) is 0 Å². The van der Waals surface area contributed by atoms with Crippen molar-refractivity contribution in [3.8, 4) is 0 Å². The van der Waals surface area contributed by atoms with Gasteiger partial charge in [-0.15, -0.1) is 11.3 Å². The molecule has 0 amide bonds. The van der Waals surface area contributed by atoms with Crippen molar-refractivity contribution >= 4 is 11.3 Å². The van der Waals surface area contributed by atoms with Crippen LogP contribution in [0.4, 0.5) is 0 Å². The minimum atomic E-state index is 0.428. The van der Waals surface area contributed by atoms with Gasteiger partial charge in [-0.3, -0.25) is 0 Å². The van der Waals surface area contributed by atoms with Gasteiger partial charge in [0.05, 0.1) is 10.7 Å². The van der Waals surface area contributed by atoms with E-state index in [1.165, 1.54) is 5.01 Å². The standard InChI is InChI=1S/C11H20N2OS/c1-3-9(7-12)10-8-15-11(13-10)5-4-6-14-2/h8-9H,3-7,12H2,1-2H3. The minimum absolute atomic E-state index is 0.428. The first-order valence-electron chi connectivity index (χ1n) is 5.45. The maximum Gasteiger partial charge on any atom is 0.0929 e. The van der Waals surface area contributed by atoms with Gasteiger partial charge in [-0.05, 0) is 12.8 Å². The summed E-state index contributed by atoms with van der Waals surface area (Å²) < 4.78 is 5.02. The van der Waals surface area contributed by atoms with Gasteiger partial charge in [0.2, 0.25) is 0 Å². The lowest BCUT2D eigenvalue weighted by Gasteiger charge is -2.07. The number of aryl methyl sites for hydroxylation is 1. The molecule has 1 aromatic rings. The molecule has 0 aliphatic heterocycles. The first-order chi connectivity index (χ1) is 7.31. The number of thiazole rings is 1. The van der Waals surface area contributed by atoms with Gasteiger partial charge in [0.25, 0.3) is 0 Å². The maximum atomic E-state index is 5.69. The van der Waals surface area contributed by atoms with Gasteiger partial charge in [-0.25, -0.2) is 4.98 Å². The molecular weight excluding hydrogens is 208 g/mol. The normalized spacial score (nSPS) is 13.0. The lowest BCUT2D eigenvalue weighted by atomic mass is 10.0. The smallest absolute Gasteiger partial charge is 0.0929 e. The fraction of sp³-hybridized carbons (Fsp3) is 0.727. The van der Waals surface area contributed by atoms with Crippen LogP contribution in [-0.2, 0) is 11.2 Å². The minimum Gasteiger partial charge on any atom is -0.385 e. The zero-order valence-corrected chi connectivity index (χ0v) is 10.3. The molecule has 0 aliphatic carbocycles. The molecule has 0 spiro atoms. The molecule has 0 saturated heterocycles. The molecule has 15 heavy (non-hydrogen) atoms. The van der Waals surface area contributed by atoms with Crippen molar-refractivity contribution in [2.24, 2.45) is 5.73 Å². The summed E-state index contributed by atoms with van der Waals surface area (Å²) in [5.41, 5.74) is 6.86. The van der Waals surface area contributed by atoms with Crippen molar-refractivity contribution in [3.05, 3.63) is 16.1 Å². The zero-order chi connectivity index (χ0) is 11.1. The number of aromatic nitrogens is 1. The second-order valence-corrected chi connectivity index (χ2v) is 4.55. The molecule has 2 N–H and O–H groups in total. The Kier molecular flexibility index (Phi) is 5.83. The van der Waals surface area contributed by atoms with Crippen molar-refractivity contribution in [1.29, 1.82) is 0 Å². The molecule has 0 aromatic carbocycles. The predicted octanol–water partition coefficient (Wildman–Crippen LogP) is 2.17. The highest BCUT2D eigenvalue weighted by molar-refractivity contribution is 7.09. The zero-order valence-electron chi connectivity index (χ0n) is 9.53. The van der Waals surface area contributed by atoms with Gasteiger partial charge < -0.3 is 10.5 Å². The summed E-state index contributed by atoms with van der Waals surface area (Å²) in [6.45, 7) is 3.65. The van der Waals surface area contributed by atoms with Gasteiger partial charge in [0.1, 0.15) is 0 Å². The lowest BCUT2D eigenvalue weighted by Crippen LogP contribution is -2.11. The summed E-state index contributed by atoms with van der Waals surface area (Å²) in [6, 6.07) is 0. The molecule has 0 fully saturated rings. The van der Waals surface area contributed by atoms with Gasteiger partial charge in [0, 0.05) is 38.0 Å². The van der Waals surface area contributed by atoms with E-state index >= 15 is 0 Å². The summed E-state index contributed by atoms with van der Waals surface area (Å²) in [6.07, 6.45) is 3.13. The van der Waals surface area contributed by atoms with Gasteiger partial charge in [-0.1, -0.05) is 6.92 Å². The average molecular weight is 228 g/mol. The molecule has 1 heterocycles. The Balaban J connectivity index is 2.47. The first kappa shape index (κ1) is 12.6. The topological polar surface area (TPSA) is 48.1 Å². The van der Waals surface area contributed by atoms with E-state index in [4.69, 9.17) is 10.5 Å². The van der Waals surface area contributed by atoms with E-state index in [1.807, 2.05) is 0 Å². The second kappa shape index (κ2) is 6.93. The quantitative estimate of drug-likeness (QED) is 0.728. The molecule has 0 radical (unpaired) electrons. The highest BCUT2D eigenvalue weighted by atomic mass is 32.1. The Morgan fingerprint density at radius 1 is 1.60 bits per heavy atom. The molecule has 1 aromatic heterocycles. The largest absolute Gasteiger partial charge is 0.385 e. The summed E-state index contributed by atoms with van der Waals surface area (Å²) in [5, 5.41) is 3.34. The molecule has 1 rings (SSSR count). The number of rotatable bonds is 7. The monoisotopic (exact) mass is 228 g/mol. The Bertz CT molecular complexity index is 271. The number of ether oxygens (including phenoxy) is 1. The van der Waals surface area contributed by atoms with E-state index in [1.54, 1.807) is 18.4 Å². The van der Waals surface area contributed by atoms with Gasteiger partial charge >= 0.3 is 0 Å². The predicted molar refractivity (Wildman–Crippen MR) is 64.4 cm³/mol. The average Bonchev–Trinajstić information content (AvgIpc) is 2.69. The Labute approximate surface area is 95.7 Å². The summed E-state index contributed by atoms with van der Waals surface area (Å²) in [4.78, 5) is 4.61. The van der Waals surface area contributed by atoms with E-state index < -0.39 is 0 Å². The van der Waals surface area contributed by atoms with Gasteiger partial charge in [0.15, 0.2) is 0 Å². The van der Waals surface area contributed by atoms with E-state index in [2.05, 4.69) is 17.3 Å². The molecule has 0 aliphatic rings. The molecular formula is C11H20N2OS. The van der Waals surface area contributed by atoms with Crippen LogP contribution in [0, 0.1) is 0 Å². The fourth-order valence-electron chi connectivity index (χ4n) is 1.49. The number of hydrogen-bond donors (Lipinski definition) is 1. The SMILES string of the molecule is CCC(CN)c1csc(CCCOC)n1. The molecule has 0 bridgehead atoms. The third kappa shape index (κ3) is 3.89. The van der Waals surface area contributed by atoms with Crippen LogP contribution in [-0.4, -0.2) is 25.2 Å². The van der Waals surface area contributed by atoms with Crippen molar-refractivity contribution in [1.82, 2.24) is 4.98 Å². The summed E-state index contributed by atoms with van der Waals surface area (Å²) in [5.74, 6) is 0.428. The first-order valence-corrected chi connectivity index (χ1v) is 6.33. The lowest BCUT2D eigenvalue weighted by molar-refractivity contribution is 0.195. The van der Waals surface area contributed by atoms with E-state index in [0.29, 0.717) is 12.5 Å². The molecule has 1 atom stereocenters. The number of nitrogens with two attached hydrogens (primary N) is 1. The number of nitrogens with zero attached hydrogens (tertiary/aromatic N) is 1. The summed E-state index contributed by atoms with van der Waals surface area (Å²) in [7, 11) is 1.73. The Morgan fingerprint density at radius 3 is 3.00 bits per heavy atom. The second-order valence-electron chi connectivity index (χ2n) is 3.60. The van der Waals surface area contributed by atoms with Crippen LogP contribution in [0.3, 0.4) is 0 Å². The van der Waals surface area contributed by atoms with Crippen molar-refractivity contribution < 1.29 is 4.74 Å². The fourth-order valence-corrected chi connectivity index (χ4v) is 2.41. The van der Waals surface area contributed by atoms with E-state index in [0.717, 1.165) is 31.6 Å². The van der Waals surface area contributed by atoms with E-state index in [-0.39, 0.29) is 0 Å². The molecule has 4 heteroatoms. The number of hydrogen-bond acceptors (Lipinski definition) is 4.